The summed E-state index contributed by atoms with van der Waals surface area (Å²) < 4.78 is 29.1. The number of sulfonamides is 1. The van der Waals surface area contributed by atoms with Gasteiger partial charge in [0.15, 0.2) is 0 Å². The van der Waals surface area contributed by atoms with Gasteiger partial charge >= 0.3 is 0 Å². The Morgan fingerprint density at radius 2 is 1.85 bits per heavy atom. The first-order valence-corrected chi connectivity index (χ1v) is 8.15. The lowest BCUT2D eigenvalue weighted by Crippen LogP contribution is -2.26. The Kier molecular flexibility index (Phi) is 4.62. The van der Waals surface area contributed by atoms with E-state index in [4.69, 9.17) is 0 Å². The molecule has 0 aliphatic rings. The average Bonchev–Trinajstić information content (AvgIpc) is 2.87. The normalized spacial score (nSPS) is 11.7. The molecule has 0 aliphatic carbocycles. The summed E-state index contributed by atoms with van der Waals surface area (Å²) in [6, 6.07) is 9.29. The first kappa shape index (κ1) is 14.8. The molecule has 0 radical (unpaired) electrons. The van der Waals surface area contributed by atoms with Crippen LogP contribution < -0.4 is 4.72 Å². The van der Waals surface area contributed by atoms with Gasteiger partial charge in [-0.1, -0.05) is 17.7 Å². The van der Waals surface area contributed by atoms with Gasteiger partial charge in [-0.05, 0) is 44.0 Å². The molecule has 0 spiro atoms. The van der Waals surface area contributed by atoms with Gasteiger partial charge in [-0.15, -0.1) is 0 Å². The molecule has 1 N–H and O–H groups in total. The van der Waals surface area contributed by atoms with Crippen molar-refractivity contribution < 1.29 is 8.42 Å². The van der Waals surface area contributed by atoms with Crippen LogP contribution in [0.1, 0.15) is 17.5 Å². The summed E-state index contributed by atoms with van der Waals surface area (Å²) >= 11 is 0. The van der Waals surface area contributed by atoms with E-state index in [0.29, 0.717) is 11.4 Å². The molecule has 0 bridgehead atoms. The van der Waals surface area contributed by atoms with E-state index < -0.39 is 10.0 Å². The highest BCUT2D eigenvalue weighted by molar-refractivity contribution is 7.89. The van der Waals surface area contributed by atoms with Crippen LogP contribution in [0.25, 0.3) is 0 Å². The predicted octanol–water partition coefficient (Wildman–Crippen LogP) is 2.47. The molecule has 0 amide bonds. The SMILES string of the molecule is Cc1ccc(S(=O)(=O)NCCCn2cccc2)c(C)c1. The molecule has 2 aromatic rings. The largest absolute Gasteiger partial charge is 0.354 e. The van der Waals surface area contributed by atoms with Crippen LogP contribution in [0.2, 0.25) is 0 Å². The van der Waals surface area contributed by atoms with Crippen molar-refractivity contribution >= 4 is 10.0 Å². The minimum Gasteiger partial charge on any atom is -0.354 e. The fourth-order valence-electron chi connectivity index (χ4n) is 2.17. The number of aryl methyl sites for hydroxylation is 3. The number of hydrogen-bond acceptors (Lipinski definition) is 2. The van der Waals surface area contributed by atoms with E-state index in [0.717, 1.165) is 24.1 Å². The van der Waals surface area contributed by atoms with Crippen molar-refractivity contribution in [1.29, 1.82) is 0 Å². The summed E-state index contributed by atoms with van der Waals surface area (Å²) in [4.78, 5) is 0.365. The smallest absolute Gasteiger partial charge is 0.240 e. The number of rotatable bonds is 6. The standard InChI is InChI=1S/C15H20N2O2S/c1-13-6-7-15(14(2)12-13)20(18,19)16-8-5-11-17-9-3-4-10-17/h3-4,6-7,9-10,12,16H,5,8,11H2,1-2H3. The Bertz CT molecular complexity index is 661. The summed E-state index contributed by atoms with van der Waals surface area (Å²) in [6.07, 6.45) is 4.70. The molecule has 0 saturated heterocycles. The Morgan fingerprint density at radius 3 is 2.50 bits per heavy atom. The second-order valence-corrected chi connectivity index (χ2v) is 6.68. The molecule has 0 unspecified atom stereocenters. The Balaban J connectivity index is 1.93. The molecule has 20 heavy (non-hydrogen) atoms. The van der Waals surface area contributed by atoms with Crippen LogP contribution in [0.3, 0.4) is 0 Å². The van der Waals surface area contributed by atoms with Crippen LogP contribution in [-0.4, -0.2) is 19.5 Å². The number of benzene rings is 1. The van der Waals surface area contributed by atoms with Crippen LogP contribution in [0.5, 0.6) is 0 Å². The van der Waals surface area contributed by atoms with E-state index >= 15 is 0 Å². The van der Waals surface area contributed by atoms with E-state index in [-0.39, 0.29) is 0 Å². The second-order valence-electron chi connectivity index (χ2n) is 4.94. The molecule has 0 aliphatic heterocycles. The van der Waals surface area contributed by atoms with E-state index in [9.17, 15) is 8.42 Å². The van der Waals surface area contributed by atoms with Gasteiger partial charge in [-0.2, -0.15) is 0 Å². The lowest BCUT2D eigenvalue weighted by molar-refractivity contribution is 0.569. The van der Waals surface area contributed by atoms with Crippen molar-refractivity contribution in [2.45, 2.75) is 31.7 Å². The van der Waals surface area contributed by atoms with Crippen molar-refractivity contribution in [2.24, 2.45) is 0 Å². The molecular formula is C15H20N2O2S. The van der Waals surface area contributed by atoms with Crippen LogP contribution >= 0.6 is 0 Å². The monoisotopic (exact) mass is 292 g/mol. The van der Waals surface area contributed by atoms with Crippen molar-refractivity contribution in [3.63, 3.8) is 0 Å². The first-order chi connectivity index (χ1) is 9.49. The van der Waals surface area contributed by atoms with Gasteiger partial charge in [0.25, 0.3) is 0 Å². The van der Waals surface area contributed by atoms with Crippen molar-refractivity contribution in [1.82, 2.24) is 9.29 Å². The fraction of sp³-hybridized carbons (Fsp3) is 0.333. The topological polar surface area (TPSA) is 51.1 Å². The summed E-state index contributed by atoms with van der Waals surface area (Å²) in [6.45, 7) is 5.02. The molecule has 1 aromatic heterocycles. The zero-order valence-corrected chi connectivity index (χ0v) is 12.7. The molecule has 1 aromatic carbocycles. The third-order valence-electron chi connectivity index (χ3n) is 3.17. The predicted molar refractivity (Wildman–Crippen MR) is 80.2 cm³/mol. The highest BCUT2D eigenvalue weighted by atomic mass is 32.2. The summed E-state index contributed by atoms with van der Waals surface area (Å²) in [5, 5.41) is 0. The summed E-state index contributed by atoms with van der Waals surface area (Å²) in [5.41, 5.74) is 1.84. The maximum absolute atomic E-state index is 12.2. The van der Waals surface area contributed by atoms with E-state index in [1.54, 1.807) is 6.07 Å². The number of aromatic nitrogens is 1. The highest BCUT2D eigenvalue weighted by Crippen LogP contribution is 2.16. The van der Waals surface area contributed by atoms with Crippen molar-refractivity contribution in [2.75, 3.05) is 6.54 Å². The molecule has 4 nitrogen and oxygen atoms in total. The third kappa shape index (κ3) is 3.71. The van der Waals surface area contributed by atoms with Gasteiger partial charge in [0.2, 0.25) is 10.0 Å². The van der Waals surface area contributed by atoms with Gasteiger partial charge in [0.05, 0.1) is 4.90 Å². The molecule has 0 atom stereocenters. The Hall–Kier alpha value is -1.59. The Morgan fingerprint density at radius 1 is 1.15 bits per heavy atom. The van der Waals surface area contributed by atoms with Gasteiger partial charge in [0, 0.05) is 25.5 Å². The zero-order chi connectivity index (χ0) is 14.6. The Labute approximate surface area is 120 Å². The zero-order valence-electron chi connectivity index (χ0n) is 11.8. The average molecular weight is 292 g/mol. The van der Waals surface area contributed by atoms with E-state index in [1.807, 2.05) is 55.1 Å². The maximum Gasteiger partial charge on any atom is 0.240 e. The van der Waals surface area contributed by atoms with Crippen molar-refractivity contribution in [3.05, 3.63) is 53.9 Å². The number of hydrogen-bond donors (Lipinski definition) is 1. The molecule has 0 saturated carbocycles. The van der Waals surface area contributed by atoms with Crippen molar-refractivity contribution in [3.8, 4) is 0 Å². The fourth-order valence-corrected chi connectivity index (χ4v) is 3.46. The van der Waals surface area contributed by atoms with E-state index in [1.165, 1.54) is 0 Å². The number of nitrogens with one attached hydrogen (secondary N) is 1. The lowest BCUT2D eigenvalue weighted by atomic mass is 10.2. The lowest BCUT2D eigenvalue weighted by Gasteiger charge is -2.10. The molecule has 0 fully saturated rings. The molecule has 5 heteroatoms. The molecule has 108 valence electrons. The quantitative estimate of drug-likeness (QED) is 0.832. The van der Waals surface area contributed by atoms with Crippen LogP contribution in [0, 0.1) is 13.8 Å². The highest BCUT2D eigenvalue weighted by Gasteiger charge is 2.15. The number of nitrogens with zero attached hydrogens (tertiary/aromatic N) is 1. The molecule has 1 heterocycles. The van der Waals surface area contributed by atoms with Gasteiger partial charge < -0.3 is 4.57 Å². The summed E-state index contributed by atoms with van der Waals surface area (Å²) in [5.74, 6) is 0. The van der Waals surface area contributed by atoms with Gasteiger partial charge in [-0.3, -0.25) is 0 Å². The summed E-state index contributed by atoms with van der Waals surface area (Å²) in [7, 11) is -3.41. The van der Waals surface area contributed by atoms with Gasteiger partial charge in [-0.25, -0.2) is 13.1 Å². The van der Waals surface area contributed by atoms with E-state index in [2.05, 4.69) is 4.72 Å². The minimum atomic E-state index is -3.41. The first-order valence-electron chi connectivity index (χ1n) is 6.67. The van der Waals surface area contributed by atoms with Crippen LogP contribution in [0.15, 0.2) is 47.6 Å². The maximum atomic E-state index is 12.2. The third-order valence-corrected chi connectivity index (χ3v) is 4.79. The minimum absolute atomic E-state index is 0.365. The second kappa shape index (κ2) is 6.24. The van der Waals surface area contributed by atoms with Gasteiger partial charge in [0.1, 0.15) is 0 Å². The van der Waals surface area contributed by atoms with Crippen LogP contribution in [0.4, 0.5) is 0 Å². The molecule has 2 rings (SSSR count). The van der Waals surface area contributed by atoms with Crippen LogP contribution in [-0.2, 0) is 16.6 Å². The molecular weight excluding hydrogens is 272 g/mol.